The molecule has 1 unspecified atom stereocenters. The van der Waals surface area contributed by atoms with Crippen LogP contribution in [-0.2, 0) is 9.53 Å². The Balaban J connectivity index is 1.44. The van der Waals surface area contributed by atoms with Crippen LogP contribution in [0.5, 0.6) is 0 Å². The second kappa shape index (κ2) is 8.21. The minimum absolute atomic E-state index is 0.0651. The van der Waals surface area contributed by atoms with Crippen LogP contribution in [0.25, 0.3) is 0 Å². The lowest BCUT2D eigenvalue weighted by Gasteiger charge is -2.35. The first-order valence-electron chi connectivity index (χ1n) is 10.00. The molecule has 2 aliphatic rings. The summed E-state index contributed by atoms with van der Waals surface area (Å²) in [5, 5.41) is 0. The number of aromatic nitrogens is 1. The predicted molar refractivity (Wildman–Crippen MR) is 111 cm³/mol. The van der Waals surface area contributed by atoms with E-state index in [1.165, 1.54) is 0 Å². The fourth-order valence-corrected chi connectivity index (χ4v) is 3.78. The van der Waals surface area contributed by atoms with Crippen LogP contribution < -0.4 is 9.80 Å². The average Bonchev–Trinajstić information content (AvgIpc) is 2.74. The molecule has 0 radical (unpaired) electrons. The largest absolute Gasteiger partial charge is 0.375 e. The zero-order chi connectivity index (χ0) is 20.4. The standard InChI is InChI=1S/C22H26N4O3/c1-16-3-5-19(6-4-16)26-10-9-25(15-21(26)27)22(28)18-7-8-23-20(13-18)24-11-12-29-17(2)14-24/h3-8,13,17H,9-12,14-15H2,1-2H3. The van der Waals surface area contributed by atoms with Crippen LogP contribution in [0.3, 0.4) is 0 Å². The van der Waals surface area contributed by atoms with Gasteiger partial charge in [-0.05, 0) is 38.1 Å². The Morgan fingerprint density at radius 2 is 1.93 bits per heavy atom. The first-order valence-corrected chi connectivity index (χ1v) is 10.00. The van der Waals surface area contributed by atoms with Crippen LogP contribution in [0, 0.1) is 6.92 Å². The second-order valence-corrected chi connectivity index (χ2v) is 7.64. The van der Waals surface area contributed by atoms with E-state index in [4.69, 9.17) is 4.74 Å². The molecule has 0 aliphatic carbocycles. The monoisotopic (exact) mass is 394 g/mol. The quantitative estimate of drug-likeness (QED) is 0.798. The minimum Gasteiger partial charge on any atom is -0.375 e. The molecule has 1 atom stereocenters. The molecule has 4 rings (SSSR count). The third kappa shape index (κ3) is 4.24. The molecule has 2 aromatic rings. The lowest BCUT2D eigenvalue weighted by Crippen LogP contribution is -2.52. The summed E-state index contributed by atoms with van der Waals surface area (Å²) in [6.07, 6.45) is 1.80. The van der Waals surface area contributed by atoms with Gasteiger partial charge < -0.3 is 19.4 Å². The maximum atomic E-state index is 13.0. The Morgan fingerprint density at radius 3 is 2.66 bits per heavy atom. The Hall–Kier alpha value is -2.93. The summed E-state index contributed by atoms with van der Waals surface area (Å²) in [6.45, 7) is 7.27. The van der Waals surface area contributed by atoms with Gasteiger partial charge in [0.05, 0.1) is 12.7 Å². The van der Waals surface area contributed by atoms with Crippen molar-refractivity contribution >= 4 is 23.3 Å². The van der Waals surface area contributed by atoms with Crippen LogP contribution in [-0.4, -0.2) is 67.1 Å². The van der Waals surface area contributed by atoms with Gasteiger partial charge in [-0.15, -0.1) is 0 Å². The Morgan fingerprint density at radius 1 is 1.14 bits per heavy atom. The topological polar surface area (TPSA) is 66.0 Å². The lowest BCUT2D eigenvalue weighted by atomic mass is 10.1. The van der Waals surface area contributed by atoms with Crippen LogP contribution >= 0.6 is 0 Å². The first-order chi connectivity index (χ1) is 14.0. The van der Waals surface area contributed by atoms with Gasteiger partial charge in [0, 0.05) is 43.6 Å². The van der Waals surface area contributed by atoms with E-state index in [2.05, 4.69) is 9.88 Å². The zero-order valence-electron chi connectivity index (χ0n) is 16.9. The first kappa shape index (κ1) is 19.4. The van der Waals surface area contributed by atoms with Crippen LogP contribution in [0.1, 0.15) is 22.8 Å². The number of carbonyl (C=O) groups excluding carboxylic acids is 2. The molecule has 2 fully saturated rings. The van der Waals surface area contributed by atoms with Crippen molar-refractivity contribution in [3.8, 4) is 0 Å². The fraction of sp³-hybridized carbons (Fsp3) is 0.409. The molecule has 0 saturated carbocycles. The normalized spacial score (nSPS) is 20.1. The highest BCUT2D eigenvalue weighted by Crippen LogP contribution is 2.21. The van der Waals surface area contributed by atoms with E-state index < -0.39 is 0 Å². The summed E-state index contributed by atoms with van der Waals surface area (Å²) in [5.41, 5.74) is 2.59. The molecule has 7 heteroatoms. The average molecular weight is 394 g/mol. The third-order valence-electron chi connectivity index (χ3n) is 5.41. The highest BCUT2D eigenvalue weighted by molar-refractivity contribution is 6.01. The number of hydrogen-bond donors (Lipinski definition) is 0. The van der Waals surface area contributed by atoms with Crippen LogP contribution in [0.2, 0.25) is 0 Å². The van der Waals surface area contributed by atoms with Gasteiger partial charge in [0.25, 0.3) is 5.91 Å². The number of amides is 2. The molecule has 0 bridgehead atoms. The molecule has 2 aliphatic heterocycles. The molecule has 7 nitrogen and oxygen atoms in total. The summed E-state index contributed by atoms with van der Waals surface area (Å²) < 4.78 is 5.58. The van der Waals surface area contributed by atoms with Gasteiger partial charge in [-0.2, -0.15) is 0 Å². The van der Waals surface area contributed by atoms with E-state index in [1.54, 1.807) is 22.1 Å². The van der Waals surface area contributed by atoms with Crippen molar-refractivity contribution in [1.82, 2.24) is 9.88 Å². The third-order valence-corrected chi connectivity index (χ3v) is 5.41. The van der Waals surface area contributed by atoms with Crippen molar-refractivity contribution in [1.29, 1.82) is 0 Å². The number of ether oxygens (including phenoxy) is 1. The number of rotatable bonds is 3. The van der Waals surface area contributed by atoms with Gasteiger partial charge in [-0.25, -0.2) is 4.98 Å². The van der Waals surface area contributed by atoms with E-state index in [0.717, 1.165) is 30.2 Å². The molecule has 3 heterocycles. The molecule has 2 saturated heterocycles. The Bertz CT molecular complexity index is 899. The summed E-state index contributed by atoms with van der Waals surface area (Å²) in [4.78, 5) is 35.6. The second-order valence-electron chi connectivity index (χ2n) is 7.64. The van der Waals surface area contributed by atoms with E-state index >= 15 is 0 Å². The predicted octanol–water partition coefficient (Wildman–Crippen LogP) is 2.10. The molecular formula is C22H26N4O3. The molecule has 0 N–H and O–H groups in total. The summed E-state index contributed by atoms with van der Waals surface area (Å²) >= 11 is 0. The highest BCUT2D eigenvalue weighted by Gasteiger charge is 2.29. The molecule has 29 heavy (non-hydrogen) atoms. The smallest absolute Gasteiger partial charge is 0.254 e. The Kier molecular flexibility index (Phi) is 5.49. The van der Waals surface area contributed by atoms with Gasteiger partial charge in [0.2, 0.25) is 5.91 Å². The van der Waals surface area contributed by atoms with Crippen molar-refractivity contribution in [2.75, 3.05) is 49.1 Å². The van der Waals surface area contributed by atoms with Crippen molar-refractivity contribution in [3.05, 3.63) is 53.7 Å². The van der Waals surface area contributed by atoms with Crippen molar-refractivity contribution in [3.63, 3.8) is 0 Å². The van der Waals surface area contributed by atoms with Crippen molar-refractivity contribution in [2.45, 2.75) is 20.0 Å². The molecule has 1 aromatic heterocycles. The number of pyridine rings is 1. The summed E-state index contributed by atoms with van der Waals surface area (Å²) in [7, 11) is 0. The summed E-state index contributed by atoms with van der Waals surface area (Å²) in [5.74, 6) is 0.576. The molecule has 1 aromatic carbocycles. The number of anilines is 2. The van der Waals surface area contributed by atoms with Crippen LogP contribution in [0.4, 0.5) is 11.5 Å². The number of benzene rings is 1. The zero-order valence-corrected chi connectivity index (χ0v) is 16.9. The lowest BCUT2D eigenvalue weighted by molar-refractivity contribution is -0.120. The SMILES string of the molecule is Cc1ccc(N2CCN(C(=O)c3ccnc(N4CCOC(C)C4)c3)CC2=O)cc1. The molecule has 0 spiro atoms. The van der Waals surface area contributed by atoms with Gasteiger partial charge >= 0.3 is 0 Å². The maximum Gasteiger partial charge on any atom is 0.254 e. The maximum absolute atomic E-state index is 13.0. The minimum atomic E-state index is -0.133. The number of carbonyl (C=O) groups is 2. The number of aryl methyl sites for hydroxylation is 1. The van der Waals surface area contributed by atoms with E-state index in [0.29, 0.717) is 25.3 Å². The number of morpholine rings is 1. The van der Waals surface area contributed by atoms with Gasteiger partial charge in [-0.1, -0.05) is 17.7 Å². The molecular weight excluding hydrogens is 368 g/mol. The van der Waals surface area contributed by atoms with Crippen LogP contribution in [0.15, 0.2) is 42.6 Å². The van der Waals surface area contributed by atoms with Crippen molar-refractivity contribution in [2.24, 2.45) is 0 Å². The fourth-order valence-electron chi connectivity index (χ4n) is 3.78. The molecule has 2 amide bonds. The van der Waals surface area contributed by atoms with E-state index in [1.807, 2.05) is 44.2 Å². The highest BCUT2D eigenvalue weighted by atomic mass is 16.5. The number of hydrogen-bond acceptors (Lipinski definition) is 5. The van der Waals surface area contributed by atoms with Gasteiger partial charge in [-0.3, -0.25) is 9.59 Å². The van der Waals surface area contributed by atoms with Gasteiger partial charge in [0.15, 0.2) is 0 Å². The summed E-state index contributed by atoms with van der Waals surface area (Å²) in [6, 6.07) is 11.4. The number of nitrogens with zero attached hydrogens (tertiary/aromatic N) is 4. The molecule has 152 valence electrons. The van der Waals surface area contributed by atoms with E-state index in [-0.39, 0.29) is 24.5 Å². The Labute approximate surface area is 170 Å². The van der Waals surface area contributed by atoms with E-state index in [9.17, 15) is 9.59 Å². The van der Waals surface area contributed by atoms with Gasteiger partial charge in [0.1, 0.15) is 12.4 Å². The van der Waals surface area contributed by atoms with Crippen molar-refractivity contribution < 1.29 is 14.3 Å². The number of piperazine rings is 1.